The van der Waals surface area contributed by atoms with Crippen LogP contribution in [-0.4, -0.2) is 48.1 Å². The van der Waals surface area contributed by atoms with Crippen LogP contribution in [-0.2, 0) is 0 Å². The van der Waals surface area contributed by atoms with E-state index in [0.29, 0.717) is 6.04 Å². The number of nitrogens with zero attached hydrogens (tertiary/aromatic N) is 3. The highest BCUT2D eigenvalue weighted by atomic mass is 15.1. The van der Waals surface area contributed by atoms with Crippen molar-refractivity contribution in [2.75, 3.05) is 37.8 Å². The lowest BCUT2D eigenvalue weighted by Gasteiger charge is -2.21. The quantitative estimate of drug-likeness (QED) is 0.808. The summed E-state index contributed by atoms with van der Waals surface area (Å²) in [7, 11) is 4.01. The monoisotopic (exact) mass is 251 g/mol. The van der Waals surface area contributed by atoms with Gasteiger partial charge in [0, 0.05) is 31.7 Å². The van der Waals surface area contributed by atoms with Gasteiger partial charge in [-0.3, -0.25) is 0 Å². The normalized spacial score (nSPS) is 11.1. The van der Waals surface area contributed by atoms with E-state index in [-0.39, 0.29) is 0 Å². The molecule has 1 heterocycles. The summed E-state index contributed by atoms with van der Waals surface area (Å²) in [4.78, 5) is 11.1. The van der Waals surface area contributed by atoms with Crippen molar-refractivity contribution >= 4 is 11.6 Å². The van der Waals surface area contributed by atoms with Gasteiger partial charge < -0.3 is 15.5 Å². The number of hydrogen-bond acceptors (Lipinski definition) is 5. The molecule has 0 saturated heterocycles. The predicted octanol–water partition coefficient (Wildman–Crippen LogP) is 1.89. The topological polar surface area (TPSA) is 53.1 Å². The van der Waals surface area contributed by atoms with Crippen molar-refractivity contribution in [3.05, 3.63) is 11.4 Å². The molecule has 1 rings (SSSR count). The molecule has 5 nitrogen and oxygen atoms in total. The molecule has 0 fully saturated rings. The van der Waals surface area contributed by atoms with Crippen molar-refractivity contribution in [2.24, 2.45) is 0 Å². The van der Waals surface area contributed by atoms with Gasteiger partial charge in [-0.1, -0.05) is 0 Å². The highest BCUT2D eigenvalue weighted by Gasteiger charge is 2.08. The Morgan fingerprint density at radius 3 is 2.33 bits per heavy atom. The third kappa shape index (κ3) is 3.84. The molecule has 18 heavy (non-hydrogen) atoms. The molecule has 0 amide bonds. The summed E-state index contributed by atoms with van der Waals surface area (Å²) in [5.41, 5.74) is 1.07. The Hall–Kier alpha value is -1.36. The largest absolute Gasteiger partial charge is 0.373 e. The number of anilines is 2. The van der Waals surface area contributed by atoms with Gasteiger partial charge in [-0.25, -0.2) is 9.97 Å². The standard InChI is InChI=1S/C13H25N5/c1-9(2)18(6)8-7-15-13-10(3)12(14-5)16-11(4)17-13/h9H,7-8H2,1-6H3,(H2,14,15,16,17). The van der Waals surface area contributed by atoms with Crippen molar-refractivity contribution in [2.45, 2.75) is 33.7 Å². The zero-order valence-electron chi connectivity index (χ0n) is 12.3. The SMILES string of the molecule is CNc1nc(C)nc(NCCN(C)C(C)C)c1C. The lowest BCUT2D eigenvalue weighted by atomic mass is 10.3. The average molecular weight is 251 g/mol. The molecular weight excluding hydrogens is 226 g/mol. The minimum atomic E-state index is 0.563. The second-order valence-electron chi connectivity index (χ2n) is 4.84. The van der Waals surface area contributed by atoms with Gasteiger partial charge in [-0.05, 0) is 34.7 Å². The summed E-state index contributed by atoms with van der Waals surface area (Å²) < 4.78 is 0. The third-order valence-electron chi connectivity index (χ3n) is 3.13. The summed E-state index contributed by atoms with van der Waals surface area (Å²) in [5.74, 6) is 2.59. The van der Waals surface area contributed by atoms with Gasteiger partial charge in [0.05, 0.1) is 0 Å². The molecule has 0 aliphatic heterocycles. The Morgan fingerprint density at radius 2 is 1.78 bits per heavy atom. The molecule has 1 aromatic rings. The summed E-state index contributed by atoms with van der Waals surface area (Å²) >= 11 is 0. The van der Waals surface area contributed by atoms with Crippen LogP contribution in [0.25, 0.3) is 0 Å². The number of hydrogen-bond donors (Lipinski definition) is 2. The molecule has 102 valence electrons. The first kappa shape index (κ1) is 14.7. The first-order chi connectivity index (χ1) is 8.45. The molecule has 0 aromatic carbocycles. The van der Waals surface area contributed by atoms with Gasteiger partial charge in [0.15, 0.2) is 0 Å². The second-order valence-corrected chi connectivity index (χ2v) is 4.84. The Kier molecular flexibility index (Phi) is 5.34. The Bertz CT molecular complexity index is 389. The molecule has 0 aliphatic rings. The fraction of sp³-hybridized carbons (Fsp3) is 0.692. The molecule has 0 atom stereocenters. The number of likely N-dealkylation sites (N-methyl/N-ethyl adjacent to an activating group) is 1. The van der Waals surface area contributed by atoms with E-state index < -0.39 is 0 Å². The molecule has 1 aromatic heterocycles. The lowest BCUT2D eigenvalue weighted by molar-refractivity contribution is 0.284. The van der Waals surface area contributed by atoms with Crippen LogP contribution in [0.15, 0.2) is 0 Å². The van der Waals surface area contributed by atoms with E-state index in [1.807, 2.05) is 20.9 Å². The van der Waals surface area contributed by atoms with Crippen molar-refractivity contribution in [3.63, 3.8) is 0 Å². The maximum Gasteiger partial charge on any atom is 0.134 e. The first-order valence-corrected chi connectivity index (χ1v) is 6.42. The van der Waals surface area contributed by atoms with Crippen molar-refractivity contribution in [1.82, 2.24) is 14.9 Å². The number of nitrogens with one attached hydrogen (secondary N) is 2. The van der Waals surface area contributed by atoms with Gasteiger partial charge in [0.1, 0.15) is 17.5 Å². The maximum atomic E-state index is 4.44. The van der Waals surface area contributed by atoms with Gasteiger partial charge in [0.25, 0.3) is 0 Å². The van der Waals surface area contributed by atoms with E-state index in [2.05, 4.69) is 46.4 Å². The minimum Gasteiger partial charge on any atom is -0.373 e. The summed E-state index contributed by atoms with van der Waals surface area (Å²) in [6, 6.07) is 0.563. The molecule has 0 spiro atoms. The van der Waals surface area contributed by atoms with Crippen LogP contribution < -0.4 is 10.6 Å². The highest BCUT2D eigenvalue weighted by Crippen LogP contribution is 2.18. The number of aromatic nitrogens is 2. The van der Waals surface area contributed by atoms with Gasteiger partial charge in [-0.15, -0.1) is 0 Å². The molecule has 0 aliphatic carbocycles. The zero-order chi connectivity index (χ0) is 13.7. The van der Waals surface area contributed by atoms with Gasteiger partial charge in [-0.2, -0.15) is 0 Å². The molecule has 0 bridgehead atoms. The highest BCUT2D eigenvalue weighted by molar-refractivity contribution is 5.56. The average Bonchev–Trinajstić information content (AvgIpc) is 2.32. The van der Waals surface area contributed by atoms with Gasteiger partial charge in [0.2, 0.25) is 0 Å². The van der Waals surface area contributed by atoms with Crippen LogP contribution in [0, 0.1) is 13.8 Å². The summed E-state index contributed by atoms with van der Waals surface area (Å²) in [5, 5.41) is 6.47. The molecular formula is C13H25N5. The Morgan fingerprint density at radius 1 is 1.17 bits per heavy atom. The van der Waals surface area contributed by atoms with Crippen molar-refractivity contribution < 1.29 is 0 Å². The van der Waals surface area contributed by atoms with Crippen molar-refractivity contribution in [3.8, 4) is 0 Å². The second kappa shape index (κ2) is 6.54. The molecule has 0 radical (unpaired) electrons. The van der Waals surface area contributed by atoms with Crippen LogP contribution in [0.2, 0.25) is 0 Å². The fourth-order valence-corrected chi connectivity index (χ4v) is 1.65. The van der Waals surface area contributed by atoms with Crippen molar-refractivity contribution in [1.29, 1.82) is 0 Å². The Labute approximate surface area is 110 Å². The third-order valence-corrected chi connectivity index (χ3v) is 3.13. The van der Waals surface area contributed by atoms with E-state index in [1.165, 1.54) is 0 Å². The van der Waals surface area contributed by atoms with Crippen LogP contribution in [0.4, 0.5) is 11.6 Å². The lowest BCUT2D eigenvalue weighted by Crippen LogP contribution is -2.31. The minimum absolute atomic E-state index is 0.563. The molecule has 5 heteroatoms. The van der Waals surface area contributed by atoms with E-state index in [1.54, 1.807) is 0 Å². The maximum absolute atomic E-state index is 4.44. The van der Waals surface area contributed by atoms with E-state index in [0.717, 1.165) is 36.1 Å². The van der Waals surface area contributed by atoms with Crippen LogP contribution in [0.5, 0.6) is 0 Å². The summed E-state index contributed by atoms with van der Waals surface area (Å²) in [6.45, 7) is 10.2. The first-order valence-electron chi connectivity index (χ1n) is 6.42. The fourth-order valence-electron chi connectivity index (χ4n) is 1.65. The van der Waals surface area contributed by atoms with E-state index in [4.69, 9.17) is 0 Å². The van der Waals surface area contributed by atoms with E-state index in [9.17, 15) is 0 Å². The molecule has 0 saturated carbocycles. The van der Waals surface area contributed by atoms with Crippen LogP contribution in [0.3, 0.4) is 0 Å². The molecule has 0 unspecified atom stereocenters. The number of rotatable bonds is 6. The summed E-state index contributed by atoms with van der Waals surface area (Å²) in [6.07, 6.45) is 0. The smallest absolute Gasteiger partial charge is 0.134 e. The molecule has 2 N–H and O–H groups in total. The predicted molar refractivity (Wildman–Crippen MR) is 77.3 cm³/mol. The van der Waals surface area contributed by atoms with Crippen LogP contribution >= 0.6 is 0 Å². The van der Waals surface area contributed by atoms with Gasteiger partial charge >= 0.3 is 0 Å². The van der Waals surface area contributed by atoms with Crippen LogP contribution in [0.1, 0.15) is 25.2 Å². The Balaban J connectivity index is 2.65. The van der Waals surface area contributed by atoms with E-state index >= 15 is 0 Å². The number of aryl methyl sites for hydroxylation is 1. The zero-order valence-corrected chi connectivity index (χ0v) is 12.3.